The van der Waals surface area contributed by atoms with E-state index in [1.54, 1.807) is 10.7 Å². The van der Waals surface area contributed by atoms with Crippen LogP contribution in [0.3, 0.4) is 0 Å². The predicted molar refractivity (Wildman–Crippen MR) is 99.0 cm³/mol. The first-order chi connectivity index (χ1) is 13.0. The van der Waals surface area contributed by atoms with Crippen LogP contribution in [-0.4, -0.2) is 47.0 Å². The summed E-state index contributed by atoms with van der Waals surface area (Å²) in [5.74, 6) is 0.475. The second-order valence-corrected chi connectivity index (χ2v) is 7.02. The van der Waals surface area contributed by atoms with E-state index in [0.29, 0.717) is 24.8 Å². The van der Waals surface area contributed by atoms with Crippen LogP contribution in [0.25, 0.3) is 0 Å². The third kappa shape index (κ3) is 3.44. The van der Waals surface area contributed by atoms with Crippen molar-refractivity contribution in [3.8, 4) is 0 Å². The lowest BCUT2D eigenvalue weighted by atomic mass is 10.0. The Bertz CT molecular complexity index is 880. The summed E-state index contributed by atoms with van der Waals surface area (Å²) >= 11 is 0. The molecule has 27 heavy (non-hydrogen) atoms. The van der Waals surface area contributed by atoms with Crippen molar-refractivity contribution in [2.75, 3.05) is 36.0 Å². The number of aryl methyl sites for hydroxylation is 1. The lowest BCUT2D eigenvalue weighted by Gasteiger charge is -2.25. The summed E-state index contributed by atoms with van der Waals surface area (Å²) in [6.07, 6.45) is 5.43. The van der Waals surface area contributed by atoms with Crippen molar-refractivity contribution >= 4 is 23.2 Å². The van der Waals surface area contributed by atoms with Gasteiger partial charge < -0.3 is 9.64 Å². The van der Waals surface area contributed by atoms with Gasteiger partial charge >= 0.3 is 6.09 Å². The predicted octanol–water partition coefficient (Wildman–Crippen LogP) is 2.35. The van der Waals surface area contributed by atoms with E-state index in [1.807, 2.05) is 19.4 Å². The van der Waals surface area contributed by atoms with Crippen molar-refractivity contribution in [2.45, 2.75) is 12.8 Å². The Balaban J connectivity index is 1.57. The number of carbonyl (C=O) groups excluding carboxylic acids is 1. The number of carbonyl (C=O) groups is 1. The Hall–Kier alpha value is -3.10. The molecule has 1 atom stereocenters. The maximum absolute atomic E-state index is 12.0. The minimum absolute atomic E-state index is 0.0282. The highest BCUT2D eigenvalue weighted by Gasteiger charge is 2.31. The maximum Gasteiger partial charge on any atom is 0.414 e. The largest absolute Gasteiger partial charge is 0.447 e. The number of hydrogen-bond donors (Lipinski definition) is 0. The van der Waals surface area contributed by atoms with Crippen molar-refractivity contribution in [1.82, 2.24) is 9.78 Å². The molecule has 0 aliphatic carbocycles. The summed E-state index contributed by atoms with van der Waals surface area (Å²) in [5.41, 5.74) is 2.57. The molecule has 0 spiro atoms. The monoisotopic (exact) mass is 371 g/mol. The number of rotatable bonds is 5. The van der Waals surface area contributed by atoms with Gasteiger partial charge in [0.1, 0.15) is 6.61 Å². The van der Waals surface area contributed by atoms with Gasteiger partial charge in [-0.05, 0) is 30.4 Å². The minimum Gasteiger partial charge on any atom is -0.447 e. The number of nitro benzene ring substituents is 1. The molecule has 3 heterocycles. The molecule has 142 valence electrons. The van der Waals surface area contributed by atoms with Crippen molar-refractivity contribution in [3.63, 3.8) is 0 Å². The van der Waals surface area contributed by atoms with Crippen molar-refractivity contribution in [1.29, 1.82) is 0 Å². The van der Waals surface area contributed by atoms with Crippen LogP contribution in [0.5, 0.6) is 0 Å². The van der Waals surface area contributed by atoms with Crippen LogP contribution in [0.1, 0.15) is 12.0 Å². The molecule has 9 heteroatoms. The van der Waals surface area contributed by atoms with Crippen molar-refractivity contribution in [2.24, 2.45) is 13.0 Å². The second kappa shape index (κ2) is 6.90. The Kier molecular flexibility index (Phi) is 4.43. The van der Waals surface area contributed by atoms with Crippen LogP contribution in [0.15, 0.2) is 30.6 Å². The smallest absolute Gasteiger partial charge is 0.414 e. The first kappa shape index (κ1) is 17.3. The third-order valence-corrected chi connectivity index (χ3v) is 5.13. The van der Waals surface area contributed by atoms with Gasteiger partial charge in [-0.25, -0.2) is 4.79 Å². The van der Waals surface area contributed by atoms with Gasteiger partial charge in [0.2, 0.25) is 0 Å². The number of nitrogens with zero attached hydrogens (tertiary/aromatic N) is 5. The zero-order chi connectivity index (χ0) is 19.0. The first-order valence-electron chi connectivity index (χ1n) is 8.96. The van der Waals surface area contributed by atoms with Gasteiger partial charge in [0, 0.05) is 38.5 Å². The standard InChI is InChI=1S/C18H21N5O4/c1-20-11-14(10-19-20)8-13-4-5-21(12-13)16-3-2-15(23(25)26)9-17(16)22-6-7-27-18(22)24/h2-3,9-11,13H,4-8,12H2,1H3. The van der Waals surface area contributed by atoms with E-state index in [9.17, 15) is 14.9 Å². The fourth-order valence-electron chi connectivity index (χ4n) is 3.85. The summed E-state index contributed by atoms with van der Waals surface area (Å²) in [6.45, 7) is 2.38. The van der Waals surface area contributed by atoms with Crippen LogP contribution < -0.4 is 9.80 Å². The van der Waals surface area contributed by atoms with Crippen LogP contribution in [0, 0.1) is 16.0 Å². The Morgan fingerprint density at radius 1 is 1.33 bits per heavy atom. The summed E-state index contributed by atoms with van der Waals surface area (Å²) in [7, 11) is 1.91. The van der Waals surface area contributed by atoms with Gasteiger partial charge in [-0.2, -0.15) is 5.10 Å². The van der Waals surface area contributed by atoms with Gasteiger partial charge in [0.15, 0.2) is 0 Å². The van der Waals surface area contributed by atoms with Crippen LogP contribution in [0.4, 0.5) is 21.9 Å². The summed E-state index contributed by atoms with van der Waals surface area (Å²) in [4.78, 5) is 26.5. The zero-order valence-electron chi connectivity index (χ0n) is 15.1. The average molecular weight is 371 g/mol. The molecule has 0 bridgehead atoms. The molecule has 2 saturated heterocycles. The quantitative estimate of drug-likeness (QED) is 0.592. The number of aromatic nitrogens is 2. The molecule has 1 aromatic carbocycles. The lowest BCUT2D eigenvalue weighted by Crippen LogP contribution is -2.28. The number of ether oxygens (including phenoxy) is 1. The molecule has 0 saturated carbocycles. The van der Waals surface area contributed by atoms with E-state index >= 15 is 0 Å². The van der Waals surface area contributed by atoms with Gasteiger partial charge in [-0.3, -0.25) is 19.7 Å². The number of cyclic esters (lactones) is 1. The van der Waals surface area contributed by atoms with E-state index in [0.717, 1.165) is 31.6 Å². The van der Waals surface area contributed by atoms with E-state index in [2.05, 4.69) is 10.00 Å². The molecule has 2 aromatic rings. The molecular formula is C18H21N5O4. The lowest BCUT2D eigenvalue weighted by molar-refractivity contribution is -0.384. The highest BCUT2D eigenvalue weighted by molar-refractivity contribution is 5.94. The Morgan fingerprint density at radius 3 is 2.85 bits per heavy atom. The van der Waals surface area contributed by atoms with Crippen LogP contribution >= 0.6 is 0 Å². The van der Waals surface area contributed by atoms with Gasteiger partial charge in [0.05, 0.1) is 29.0 Å². The Labute approximate surface area is 156 Å². The second-order valence-electron chi connectivity index (χ2n) is 7.02. The fourth-order valence-corrected chi connectivity index (χ4v) is 3.85. The number of hydrogen-bond acceptors (Lipinski definition) is 6. The average Bonchev–Trinajstić information content (AvgIpc) is 3.37. The van der Waals surface area contributed by atoms with Crippen molar-refractivity contribution < 1.29 is 14.5 Å². The molecule has 0 N–H and O–H groups in total. The number of non-ortho nitro benzene ring substituents is 1. The van der Waals surface area contributed by atoms with Crippen molar-refractivity contribution in [3.05, 3.63) is 46.3 Å². The highest BCUT2D eigenvalue weighted by atomic mass is 16.6. The molecular weight excluding hydrogens is 350 g/mol. The zero-order valence-corrected chi connectivity index (χ0v) is 15.1. The fraction of sp³-hybridized carbons (Fsp3) is 0.444. The molecule has 9 nitrogen and oxygen atoms in total. The number of amides is 1. The molecule has 1 unspecified atom stereocenters. The normalized spacial score (nSPS) is 19.6. The topological polar surface area (TPSA) is 93.7 Å². The maximum atomic E-state index is 12.0. The van der Waals surface area contributed by atoms with Gasteiger partial charge in [-0.1, -0.05) is 0 Å². The summed E-state index contributed by atoms with van der Waals surface area (Å²) in [6, 6.07) is 4.70. The van der Waals surface area contributed by atoms with E-state index in [4.69, 9.17) is 4.74 Å². The van der Waals surface area contributed by atoms with Crippen LogP contribution in [-0.2, 0) is 18.2 Å². The molecule has 1 amide bonds. The molecule has 0 radical (unpaired) electrons. The number of anilines is 2. The highest BCUT2D eigenvalue weighted by Crippen LogP contribution is 2.37. The van der Waals surface area contributed by atoms with Gasteiger partial charge in [0.25, 0.3) is 5.69 Å². The van der Waals surface area contributed by atoms with Gasteiger partial charge in [-0.15, -0.1) is 0 Å². The number of nitro groups is 1. The molecule has 2 aliphatic heterocycles. The summed E-state index contributed by atoms with van der Waals surface area (Å²) in [5, 5.41) is 15.4. The van der Waals surface area contributed by atoms with E-state index < -0.39 is 11.0 Å². The van der Waals surface area contributed by atoms with E-state index in [-0.39, 0.29) is 5.69 Å². The molecule has 1 aromatic heterocycles. The minimum atomic E-state index is -0.456. The van der Waals surface area contributed by atoms with E-state index in [1.165, 1.54) is 22.6 Å². The molecule has 4 rings (SSSR count). The molecule has 2 aliphatic rings. The van der Waals surface area contributed by atoms with Crippen LogP contribution in [0.2, 0.25) is 0 Å². The number of benzene rings is 1. The Morgan fingerprint density at radius 2 is 2.19 bits per heavy atom. The summed E-state index contributed by atoms with van der Waals surface area (Å²) < 4.78 is 6.83. The first-order valence-corrected chi connectivity index (χ1v) is 8.96. The molecule has 2 fully saturated rings. The SMILES string of the molecule is Cn1cc(CC2CCN(c3ccc([N+](=O)[O-])cc3N3CCOC3=O)C2)cn1. The third-order valence-electron chi connectivity index (χ3n) is 5.13.